The van der Waals surface area contributed by atoms with Crippen LogP contribution >= 0.6 is 0 Å². The third-order valence-corrected chi connectivity index (χ3v) is 7.47. The van der Waals surface area contributed by atoms with Crippen LogP contribution in [0.15, 0.2) is 140 Å². The average molecular weight is 471 g/mol. The van der Waals surface area contributed by atoms with E-state index in [1.807, 2.05) is 0 Å². The highest BCUT2D eigenvalue weighted by atomic mass is 14.2. The molecule has 7 aromatic carbocycles. The van der Waals surface area contributed by atoms with Crippen molar-refractivity contribution in [1.82, 2.24) is 0 Å². The zero-order valence-electron chi connectivity index (χ0n) is 20.8. The van der Waals surface area contributed by atoms with Gasteiger partial charge in [-0.3, -0.25) is 0 Å². The summed E-state index contributed by atoms with van der Waals surface area (Å²) >= 11 is 0. The maximum Gasteiger partial charge on any atom is -0.00928 e. The average Bonchev–Trinajstić information content (AvgIpc) is 2.97. The molecule has 0 atom stereocenters. The van der Waals surface area contributed by atoms with Crippen LogP contribution in [0, 0.1) is 6.92 Å². The lowest BCUT2D eigenvalue weighted by Gasteiger charge is -2.14. The molecular formula is C37H26. The van der Waals surface area contributed by atoms with Crippen molar-refractivity contribution in [2.45, 2.75) is 6.92 Å². The second kappa shape index (κ2) is 8.76. The van der Waals surface area contributed by atoms with Crippen molar-refractivity contribution in [2.24, 2.45) is 0 Å². The van der Waals surface area contributed by atoms with Crippen molar-refractivity contribution in [2.75, 3.05) is 0 Å². The van der Waals surface area contributed by atoms with Gasteiger partial charge in [-0.25, -0.2) is 0 Å². The van der Waals surface area contributed by atoms with Crippen molar-refractivity contribution < 1.29 is 0 Å². The van der Waals surface area contributed by atoms with Gasteiger partial charge in [-0.1, -0.05) is 121 Å². The molecule has 0 spiro atoms. The van der Waals surface area contributed by atoms with Crippen molar-refractivity contribution >= 4 is 32.3 Å². The van der Waals surface area contributed by atoms with Crippen LogP contribution in [0.4, 0.5) is 0 Å². The summed E-state index contributed by atoms with van der Waals surface area (Å²) in [4.78, 5) is 0. The van der Waals surface area contributed by atoms with Crippen LogP contribution in [0.2, 0.25) is 0 Å². The summed E-state index contributed by atoms with van der Waals surface area (Å²) in [5, 5.41) is 7.87. The number of hydrogen-bond acceptors (Lipinski definition) is 0. The summed E-state index contributed by atoms with van der Waals surface area (Å²) in [5.74, 6) is 0. The van der Waals surface area contributed by atoms with E-state index in [9.17, 15) is 0 Å². The Balaban J connectivity index is 1.50. The van der Waals surface area contributed by atoms with Gasteiger partial charge in [-0.2, -0.15) is 0 Å². The minimum Gasteiger partial charge on any atom is -0.0622 e. The molecule has 174 valence electrons. The number of fused-ring (bicyclic) bond motifs is 6. The predicted octanol–water partition coefficient (Wildman–Crippen LogP) is 10.5. The fourth-order valence-electron chi connectivity index (χ4n) is 5.64. The highest BCUT2D eigenvalue weighted by Crippen LogP contribution is 2.39. The Kier molecular flexibility index (Phi) is 5.11. The Morgan fingerprint density at radius 1 is 0.270 bits per heavy atom. The van der Waals surface area contributed by atoms with Gasteiger partial charge in [-0.05, 0) is 96.9 Å². The maximum atomic E-state index is 2.38. The van der Waals surface area contributed by atoms with Crippen molar-refractivity contribution in [3.63, 3.8) is 0 Å². The fourth-order valence-corrected chi connectivity index (χ4v) is 5.64. The zero-order chi connectivity index (χ0) is 24.8. The van der Waals surface area contributed by atoms with E-state index in [0.717, 1.165) is 0 Å². The molecule has 0 amide bonds. The highest BCUT2D eigenvalue weighted by molar-refractivity contribution is 6.25. The van der Waals surface area contributed by atoms with Crippen molar-refractivity contribution in [3.05, 3.63) is 145 Å². The van der Waals surface area contributed by atoms with Crippen LogP contribution in [0.1, 0.15) is 5.56 Å². The second-order valence-electron chi connectivity index (χ2n) is 9.89. The van der Waals surface area contributed by atoms with Crippen LogP contribution in [0.25, 0.3) is 65.7 Å². The minimum absolute atomic E-state index is 1.23. The van der Waals surface area contributed by atoms with Crippen molar-refractivity contribution in [3.8, 4) is 33.4 Å². The number of hydrogen-bond donors (Lipinski definition) is 0. The van der Waals surface area contributed by atoms with Crippen LogP contribution in [-0.4, -0.2) is 0 Å². The van der Waals surface area contributed by atoms with E-state index in [0.29, 0.717) is 0 Å². The SMILES string of the molecule is Cc1ccc2c3ccc(-c4cc(-c5ccccc5)cc(-c5ccccc5)c4)cc3c3ccccc3c2c1. The highest BCUT2D eigenvalue weighted by Gasteiger charge is 2.12. The van der Waals surface area contributed by atoms with E-state index in [4.69, 9.17) is 0 Å². The molecule has 0 fully saturated rings. The number of aryl methyl sites for hydroxylation is 1. The first-order valence-corrected chi connectivity index (χ1v) is 12.9. The molecule has 0 aliphatic carbocycles. The molecule has 0 unspecified atom stereocenters. The van der Waals surface area contributed by atoms with E-state index in [-0.39, 0.29) is 0 Å². The van der Waals surface area contributed by atoms with Crippen molar-refractivity contribution in [1.29, 1.82) is 0 Å². The standard InChI is InChI=1S/C37H26/c1-25-16-18-34-35-19-17-28(24-37(35)33-15-9-8-14-32(33)36(34)20-25)31-22-29(26-10-4-2-5-11-26)21-30(23-31)27-12-6-3-7-13-27/h2-24H,1H3. The number of rotatable bonds is 3. The Labute approximate surface area is 217 Å². The van der Waals surface area contributed by atoms with Crippen LogP contribution in [0.5, 0.6) is 0 Å². The van der Waals surface area contributed by atoms with Gasteiger partial charge in [0.1, 0.15) is 0 Å². The lowest BCUT2D eigenvalue weighted by atomic mass is 9.89. The Bertz CT molecular complexity index is 1830. The molecule has 0 nitrogen and oxygen atoms in total. The molecule has 37 heavy (non-hydrogen) atoms. The van der Waals surface area contributed by atoms with E-state index in [1.165, 1.54) is 71.3 Å². The van der Waals surface area contributed by atoms with Gasteiger partial charge in [-0.15, -0.1) is 0 Å². The molecule has 0 radical (unpaired) electrons. The summed E-state index contributed by atoms with van der Waals surface area (Å²) in [6.07, 6.45) is 0. The fraction of sp³-hybridized carbons (Fsp3) is 0.0270. The molecule has 0 bridgehead atoms. The number of benzene rings is 7. The Hall–Kier alpha value is -4.68. The van der Waals surface area contributed by atoms with Gasteiger partial charge in [0, 0.05) is 0 Å². The quantitative estimate of drug-likeness (QED) is 0.225. The van der Waals surface area contributed by atoms with Gasteiger partial charge in [0.15, 0.2) is 0 Å². The molecule has 7 rings (SSSR count). The van der Waals surface area contributed by atoms with Gasteiger partial charge in [0.25, 0.3) is 0 Å². The molecule has 0 saturated carbocycles. The lowest BCUT2D eigenvalue weighted by Crippen LogP contribution is -1.88. The van der Waals surface area contributed by atoms with Gasteiger partial charge in [0.05, 0.1) is 0 Å². The lowest BCUT2D eigenvalue weighted by molar-refractivity contribution is 1.51. The molecule has 0 heterocycles. The topological polar surface area (TPSA) is 0 Å². The molecule has 0 aliphatic heterocycles. The monoisotopic (exact) mass is 470 g/mol. The summed E-state index contributed by atoms with van der Waals surface area (Å²) in [5.41, 5.74) is 8.68. The minimum atomic E-state index is 1.23. The first-order valence-electron chi connectivity index (χ1n) is 12.9. The van der Waals surface area contributed by atoms with Crippen LogP contribution < -0.4 is 0 Å². The molecule has 0 aliphatic rings. The van der Waals surface area contributed by atoms with Gasteiger partial charge >= 0.3 is 0 Å². The predicted molar refractivity (Wildman–Crippen MR) is 160 cm³/mol. The van der Waals surface area contributed by atoms with Crippen LogP contribution in [-0.2, 0) is 0 Å². The molecule has 7 aromatic rings. The third kappa shape index (κ3) is 3.79. The molecule has 0 aromatic heterocycles. The first-order chi connectivity index (χ1) is 18.2. The summed E-state index contributed by atoms with van der Waals surface area (Å²) in [6, 6.07) is 50.9. The largest absolute Gasteiger partial charge is 0.0622 e. The molecular weight excluding hydrogens is 444 g/mol. The summed E-state index contributed by atoms with van der Waals surface area (Å²) in [7, 11) is 0. The Morgan fingerprint density at radius 2 is 0.703 bits per heavy atom. The van der Waals surface area contributed by atoms with Gasteiger partial charge < -0.3 is 0 Å². The molecule has 0 saturated heterocycles. The maximum absolute atomic E-state index is 2.38. The van der Waals surface area contributed by atoms with E-state index < -0.39 is 0 Å². The summed E-state index contributed by atoms with van der Waals surface area (Å²) < 4.78 is 0. The normalized spacial score (nSPS) is 11.4. The Morgan fingerprint density at radius 3 is 1.27 bits per heavy atom. The third-order valence-electron chi connectivity index (χ3n) is 7.47. The van der Waals surface area contributed by atoms with E-state index in [1.54, 1.807) is 0 Å². The molecule has 0 N–H and O–H groups in total. The molecule has 0 heteroatoms. The first kappa shape index (κ1) is 21.6. The van der Waals surface area contributed by atoms with E-state index >= 15 is 0 Å². The second-order valence-corrected chi connectivity index (χ2v) is 9.89. The van der Waals surface area contributed by atoms with Crippen LogP contribution in [0.3, 0.4) is 0 Å². The zero-order valence-corrected chi connectivity index (χ0v) is 20.8. The summed E-state index contributed by atoms with van der Waals surface area (Å²) in [6.45, 7) is 2.17. The smallest absolute Gasteiger partial charge is 0.00928 e. The van der Waals surface area contributed by atoms with Gasteiger partial charge in [0.2, 0.25) is 0 Å². The van der Waals surface area contributed by atoms with E-state index in [2.05, 4.69) is 146 Å².